The number of nitrogens with zero attached hydrogens (tertiary/aromatic N) is 1. The number of hydrogen-bond acceptors (Lipinski definition) is 3. The maximum atomic E-state index is 11.5. The number of hydrogen-bond donors (Lipinski definition) is 2. The Balaban J connectivity index is 3.76. The molecule has 0 bridgehead atoms. The Bertz CT molecular complexity index is 241. The van der Waals surface area contributed by atoms with Crippen LogP contribution in [0.2, 0.25) is 0 Å². The van der Waals surface area contributed by atoms with Gasteiger partial charge in [0.2, 0.25) is 11.8 Å². The maximum absolute atomic E-state index is 11.5. The summed E-state index contributed by atoms with van der Waals surface area (Å²) in [5, 5.41) is 5.61. The quantitative estimate of drug-likeness (QED) is 0.444. The van der Waals surface area contributed by atoms with Crippen LogP contribution in [-0.2, 0) is 9.59 Å². The van der Waals surface area contributed by atoms with Crippen molar-refractivity contribution >= 4 is 11.8 Å². The van der Waals surface area contributed by atoms with Gasteiger partial charge in [-0.3, -0.25) is 9.59 Å². The zero-order chi connectivity index (χ0) is 12.4. The normalized spacial score (nSPS) is 9.62. The number of carbonyl (C=O) groups is 2. The standard InChI is InChI=1S/C11H21N3O2/c1-4-6-12-8-11(16)14(3)9-10(15)13-7-5-2/h4,12H,1,5-9H2,2-3H3,(H,13,15). The van der Waals surface area contributed by atoms with Crippen molar-refractivity contribution in [3.05, 3.63) is 12.7 Å². The Morgan fingerprint density at radius 1 is 1.44 bits per heavy atom. The summed E-state index contributed by atoms with van der Waals surface area (Å²) in [6, 6.07) is 0. The molecule has 0 rings (SSSR count). The molecule has 5 heteroatoms. The van der Waals surface area contributed by atoms with Crippen molar-refractivity contribution in [2.45, 2.75) is 13.3 Å². The van der Waals surface area contributed by atoms with Gasteiger partial charge in [0.15, 0.2) is 0 Å². The fourth-order valence-electron chi connectivity index (χ4n) is 1.04. The van der Waals surface area contributed by atoms with E-state index in [1.54, 1.807) is 13.1 Å². The lowest BCUT2D eigenvalue weighted by Crippen LogP contribution is -2.42. The summed E-state index contributed by atoms with van der Waals surface area (Å²) < 4.78 is 0. The molecule has 0 aromatic heterocycles. The lowest BCUT2D eigenvalue weighted by atomic mass is 10.4. The van der Waals surface area contributed by atoms with E-state index in [1.165, 1.54) is 4.90 Å². The van der Waals surface area contributed by atoms with Crippen LogP contribution in [0.3, 0.4) is 0 Å². The Kier molecular flexibility index (Phi) is 8.15. The molecule has 0 aromatic rings. The number of carbonyl (C=O) groups excluding carboxylic acids is 2. The van der Waals surface area contributed by atoms with Gasteiger partial charge < -0.3 is 15.5 Å². The van der Waals surface area contributed by atoms with Crippen molar-refractivity contribution in [3.8, 4) is 0 Å². The highest BCUT2D eigenvalue weighted by Gasteiger charge is 2.11. The first-order valence-corrected chi connectivity index (χ1v) is 5.44. The van der Waals surface area contributed by atoms with Crippen LogP contribution in [0.25, 0.3) is 0 Å². The summed E-state index contributed by atoms with van der Waals surface area (Å²) in [5.41, 5.74) is 0. The molecule has 0 aliphatic rings. The first-order valence-electron chi connectivity index (χ1n) is 5.44. The Hall–Kier alpha value is -1.36. The molecule has 0 unspecified atom stereocenters. The second kappa shape index (κ2) is 8.91. The van der Waals surface area contributed by atoms with Crippen LogP contribution in [0.5, 0.6) is 0 Å². The highest BCUT2D eigenvalue weighted by molar-refractivity contribution is 5.85. The van der Waals surface area contributed by atoms with Crippen molar-refractivity contribution in [3.63, 3.8) is 0 Å². The zero-order valence-corrected chi connectivity index (χ0v) is 10.1. The van der Waals surface area contributed by atoms with Crippen molar-refractivity contribution in [2.75, 3.05) is 33.2 Å². The van der Waals surface area contributed by atoms with E-state index in [9.17, 15) is 9.59 Å². The molecule has 0 radical (unpaired) electrons. The van der Waals surface area contributed by atoms with Crippen molar-refractivity contribution in [1.82, 2.24) is 15.5 Å². The van der Waals surface area contributed by atoms with Crippen LogP contribution in [-0.4, -0.2) is 49.9 Å². The van der Waals surface area contributed by atoms with Crippen LogP contribution in [0, 0.1) is 0 Å². The molecule has 0 fully saturated rings. The summed E-state index contributed by atoms with van der Waals surface area (Å²) in [7, 11) is 1.61. The first-order chi connectivity index (χ1) is 7.61. The lowest BCUT2D eigenvalue weighted by Gasteiger charge is -2.16. The van der Waals surface area contributed by atoms with Gasteiger partial charge in [0.1, 0.15) is 0 Å². The molecule has 2 N–H and O–H groups in total. The highest BCUT2D eigenvalue weighted by atomic mass is 16.2. The molecule has 0 saturated carbocycles. The summed E-state index contributed by atoms with van der Waals surface area (Å²) in [6.07, 6.45) is 2.57. The summed E-state index contributed by atoms with van der Waals surface area (Å²) >= 11 is 0. The fourth-order valence-corrected chi connectivity index (χ4v) is 1.04. The fraction of sp³-hybridized carbons (Fsp3) is 0.636. The predicted molar refractivity (Wildman–Crippen MR) is 64.0 cm³/mol. The molecule has 0 spiro atoms. The molecule has 0 aromatic carbocycles. The minimum absolute atomic E-state index is 0.103. The average molecular weight is 227 g/mol. The van der Waals surface area contributed by atoms with Crippen molar-refractivity contribution in [2.24, 2.45) is 0 Å². The third-order valence-electron chi connectivity index (χ3n) is 1.94. The monoisotopic (exact) mass is 227 g/mol. The largest absolute Gasteiger partial charge is 0.355 e. The van der Waals surface area contributed by atoms with Gasteiger partial charge in [-0.1, -0.05) is 13.0 Å². The highest BCUT2D eigenvalue weighted by Crippen LogP contribution is 1.84. The van der Waals surface area contributed by atoms with Crippen LogP contribution in [0.1, 0.15) is 13.3 Å². The van der Waals surface area contributed by atoms with E-state index in [4.69, 9.17) is 0 Å². The summed E-state index contributed by atoms with van der Waals surface area (Å²) in [6.45, 7) is 7.08. The molecule has 2 amide bonds. The summed E-state index contributed by atoms with van der Waals surface area (Å²) in [5.74, 6) is -0.227. The van der Waals surface area contributed by atoms with Gasteiger partial charge in [-0.05, 0) is 6.42 Å². The van der Waals surface area contributed by atoms with E-state index in [0.717, 1.165) is 6.42 Å². The SMILES string of the molecule is C=CCNCC(=O)N(C)CC(=O)NCCC. The number of amides is 2. The average Bonchev–Trinajstić information content (AvgIpc) is 2.26. The van der Waals surface area contributed by atoms with Crippen molar-refractivity contribution < 1.29 is 9.59 Å². The number of likely N-dealkylation sites (N-methyl/N-ethyl adjacent to an activating group) is 1. The number of rotatable bonds is 8. The third-order valence-corrected chi connectivity index (χ3v) is 1.94. The molecule has 16 heavy (non-hydrogen) atoms. The molecule has 0 aliphatic heterocycles. The van der Waals surface area contributed by atoms with Gasteiger partial charge >= 0.3 is 0 Å². The van der Waals surface area contributed by atoms with E-state index in [0.29, 0.717) is 13.1 Å². The Morgan fingerprint density at radius 3 is 2.69 bits per heavy atom. The van der Waals surface area contributed by atoms with Gasteiger partial charge in [0.05, 0.1) is 13.1 Å². The maximum Gasteiger partial charge on any atom is 0.239 e. The second-order valence-electron chi connectivity index (χ2n) is 3.52. The van der Waals surface area contributed by atoms with Gasteiger partial charge in [0.25, 0.3) is 0 Å². The molecule has 0 heterocycles. The molecular weight excluding hydrogens is 206 g/mol. The van der Waals surface area contributed by atoms with E-state index in [-0.39, 0.29) is 24.9 Å². The molecule has 0 atom stereocenters. The van der Waals surface area contributed by atoms with Crippen LogP contribution < -0.4 is 10.6 Å². The van der Waals surface area contributed by atoms with Crippen LogP contribution in [0.4, 0.5) is 0 Å². The number of nitrogens with one attached hydrogen (secondary N) is 2. The van der Waals surface area contributed by atoms with Gasteiger partial charge in [-0.2, -0.15) is 0 Å². The molecular formula is C11H21N3O2. The van der Waals surface area contributed by atoms with Crippen molar-refractivity contribution in [1.29, 1.82) is 0 Å². The minimum atomic E-state index is -0.124. The van der Waals surface area contributed by atoms with Gasteiger partial charge in [-0.15, -0.1) is 6.58 Å². The second-order valence-corrected chi connectivity index (χ2v) is 3.52. The van der Waals surface area contributed by atoms with Gasteiger partial charge in [-0.25, -0.2) is 0 Å². The summed E-state index contributed by atoms with van der Waals surface area (Å²) in [4.78, 5) is 24.2. The Morgan fingerprint density at radius 2 is 2.12 bits per heavy atom. The molecule has 0 saturated heterocycles. The molecule has 92 valence electrons. The predicted octanol–water partition coefficient (Wildman–Crippen LogP) is -0.253. The minimum Gasteiger partial charge on any atom is -0.355 e. The third kappa shape index (κ3) is 7.00. The van der Waals surface area contributed by atoms with E-state index >= 15 is 0 Å². The topological polar surface area (TPSA) is 61.4 Å². The molecule has 0 aliphatic carbocycles. The van der Waals surface area contributed by atoms with Crippen LogP contribution >= 0.6 is 0 Å². The molecule has 5 nitrogen and oxygen atoms in total. The lowest BCUT2D eigenvalue weighted by molar-refractivity contribution is -0.134. The van der Waals surface area contributed by atoms with E-state index in [2.05, 4.69) is 17.2 Å². The first kappa shape index (κ1) is 14.6. The van der Waals surface area contributed by atoms with E-state index in [1.807, 2.05) is 6.92 Å². The zero-order valence-electron chi connectivity index (χ0n) is 10.1. The smallest absolute Gasteiger partial charge is 0.239 e. The van der Waals surface area contributed by atoms with Gasteiger partial charge in [0, 0.05) is 20.1 Å². The van der Waals surface area contributed by atoms with E-state index < -0.39 is 0 Å². The van der Waals surface area contributed by atoms with Crippen LogP contribution in [0.15, 0.2) is 12.7 Å². The Labute approximate surface area is 96.9 Å².